The summed E-state index contributed by atoms with van der Waals surface area (Å²) in [5, 5.41) is 2.12. The van der Waals surface area contributed by atoms with E-state index in [4.69, 9.17) is 9.47 Å². The maximum absolute atomic E-state index is 6.14. The van der Waals surface area contributed by atoms with Gasteiger partial charge in [-0.2, -0.15) is 0 Å². The fourth-order valence-electron chi connectivity index (χ4n) is 2.84. The molecule has 0 aliphatic carbocycles. The summed E-state index contributed by atoms with van der Waals surface area (Å²) < 4.78 is 11.4. The normalized spacial score (nSPS) is 16.2. The molecule has 2 nitrogen and oxygen atoms in total. The largest absolute Gasteiger partial charge is 0.497 e. The second-order valence-electron chi connectivity index (χ2n) is 5.39. The lowest BCUT2D eigenvalue weighted by Gasteiger charge is -2.24. The van der Waals surface area contributed by atoms with Gasteiger partial charge in [-0.15, -0.1) is 11.3 Å². The summed E-state index contributed by atoms with van der Waals surface area (Å²) in [6, 6.07) is 20.5. The van der Waals surface area contributed by atoms with Gasteiger partial charge in [0.15, 0.2) is 0 Å². The van der Waals surface area contributed by atoms with Crippen LogP contribution in [0, 0.1) is 0 Å². The Morgan fingerprint density at radius 2 is 1.78 bits per heavy atom. The van der Waals surface area contributed by atoms with Crippen LogP contribution in [0.5, 0.6) is 11.5 Å². The molecule has 2 heterocycles. The van der Waals surface area contributed by atoms with Crippen molar-refractivity contribution < 1.29 is 9.47 Å². The predicted molar refractivity (Wildman–Crippen MR) is 94.2 cm³/mol. The Balaban J connectivity index is 1.78. The highest BCUT2D eigenvalue weighted by atomic mass is 32.1. The zero-order valence-electron chi connectivity index (χ0n) is 12.7. The number of benzene rings is 2. The van der Waals surface area contributed by atoms with Gasteiger partial charge in [-0.25, -0.2) is 0 Å². The first-order chi connectivity index (χ1) is 11.3. The van der Waals surface area contributed by atoms with Gasteiger partial charge in [-0.3, -0.25) is 0 Å². The van der Waals surface area contributed by atoms with Crippen LogP contribution in [0.1, 0.15) is 21.9 Å². The highest BCUT2D eigenvalue weighted by molar-refractivity contribution is 7.10. The van der Waals surface area contributed by atoms with Gasteiger partial charge in [-0.1, -0.05) is 24.3 Å². The monoisotopic (exact) mass is 320 g/mol. The van der Waals surface area contributed by atoms with E-state index < -0.39 is 0 Å². The van der Waals surface area contributed by atoms with Crippen molar-refractivity contribution in [2.75, 3.05) is 7.11 Å². The maximum Gasteiger partial charge on any atom is 0.131 e. The third-order valence-corrected chi connectivity index (χ3v) is 4.97. The number of hydrogen-bond acceptors (Lipinski definition) is 3. The van der Waals surface area contributed by atoms with E-state index in [2.05, 4.69) is 35.7 Å². The number of para-hydroxylation sites is 1. The predicted octanol–water partition coefficient (Wildman–Crippen LogP) is 5.32. The van der Waals surface area contributed by atoms with Gasteiger partial charge in [0.25, 0.3) is 0 Å². The zero-order chi connectivity index (χ0) is 15.6. The van der Waals surface area contributed by atoms with Crippen molar-refractivity contribution in [1.29, 1.82) is 0 Å². The van der Waals surface area contributed by atoms with Crippen molar-refractivity contribution in [1.82, 2.24) is 0 Å². The smallest absolute Gasteiger partial charge is 0.131 e. The van der Waals surface area contributed by atoms with E-state index in [-0.39, 0.29) is 5.92 Å². The first kappa shape index (κ1) is 14.1. The molecule has 1 atom stereocenters. The Kier molecular flexibility index (Phi) is 3.64. The van der Waals surface area contributed by atoms with E-state index in [0.717, 1.165) is 22.8 Å². The van der Waals surface area contributed by atoms with Crippen LogP contribution in [0.4, 0.5) is 0 Å². The van der Waals surface area contributed by atoms with Gasteiger partial charge in [0, 0.05) is 21.9 Å². The Morgan fingerprint density at radius 3 is 2.52 bits per heavy atom. The maximum atomic E-state index is 6.14. The molecule has 0 spiro atoms. The second-order valence-corrected chi connectivity index (χ2v) is 6.37. The van der Waals surface area contributed by atoms with Crippen molar-refractivity contribution in [3.63, 3.8) is 0 Å². The molecule has 114 valence electrons. The van der Waals surface area contributed by atoms with Crippen LogP contribution in [0.3, 0.4) is 0 Å². The molecule has 2 aromatic carbocycles. The lowest BCUT2D eigenvalue weighted by atomic mass is 9.92. The molecule has 0 saturated heterocycles. The topological polar surface area (TPSA) is 18.5 Å². The van der Waals surface area contributed by atoms with Gasteiger partial charge in [0.05, 0.1) is 7.11 Å². The molecule has 0 radical (unpaired) electrons. The van der Waals surface area contributed by atoms with Crippen LogP contribution in [-0.2, 0) is 0 Å². The number of methoxy groups -OCH3 is 1. The number of ether oxygens (including phenoxy) is 2. The SMILES string of the molecule is COc1ccc(C2=CC(c3cccs3)c3ccccc3O2)cc1. The number of allylic oxidation sites excluding steroid dienone is 1. The fourth-order valence-corrected chi connectivity index (χ4v) is 3.65. The van der Waals surface area contributed by atoms with Crippen LogP contribution in [0.2, 0.25) is 0 Å². The minimum absolute atomic E-state index is 0.233. The minimum Gasteiger partial charge on any atom is -0.497 e. The van der Waals surface area contributed by atoms with Crippen molar-refractivity contribution in [3.05, 3.63) is 88.1 Å². The summed E-state index contributed by atoms with van der Waals surface area (Å²) in [5.41, 5.74) is 2.27. The minimum atomic E-state index is 0.233. The van der Waals surface area contributed by atoms with Gasteiger partial charge in [0.1, 0.15) is 17.3 Å². The van der Waals surface area contributed by atoms with Crippen LogP contribution in [0.15, 0.2) is 72.1 Å². The van der Waals surface area contributed by atoms with Crippen molar-refractivity contribution in [2.45, 2.75) is 5.92 Å². The van der Waals surface area contributed by atoms with E-state index in [0.29, 0.717) is 0 Å². The van der Waals surface area contributed by atoms with E-state index >= 15 is 0 Å². The molecular formula is C20H16O2S. The zero-order valence-corrected chi connectivity index (χ0v) is 13.5. The summed E-state index contributed by atoms with van der Waals surface area (Å²) >= 11 is 1.78. The summed E-state index contributed by atoms with van der Waals surface area (Å²) in [7, 11) is 1.68. The van der Waals surface area contributed by atoms with Crippen LogP contribution >= 0.6 is 11.3 Å². The van der Waals surface area contributed by atoms with Gasteiger partial charge in [0.2, 0.25) is 0 Å². The molecule has 0 fully saturated rings. The average Bonchev–Trinajstić information content (AvgIpc) is 3.15. The van der Waals surface area contributed by atoms with Crippen molar-refractivity contribution >= 4 is 17.1 Å². The Morgan fingerprint density at radius 1 is 0.957 bits per heavy atom. The molecule has 4 rings (SSSR count). The number of thiophene rings is 1. The fraction of sp³-hybridized carbons (Fsp3) is 0.100. The molecular weight excluding hydrogens is 304 g/mol. The highest BCUT2D eigenvalue weighted by Gasteiger charge is 2.24. The molecule has 3 heteroatoms. The summed E-state index contributed by atoms with van der Waals surface area (Å²) in [4.78, 5) is 1.33. The average molecular weight is 320 g/mol. The van der Waals surface area contributed by atoms with Crippen molar-refractivity contribution in [3.8, 4) is 11.5 Å². The van der Waals surface area contributed by atoms with E-state index in [1.807, 2.05) is 36.4 Å². The first-order valence-corrected chi connectivity index (χ1v) is 8.39. The molecule has 0 amide bonds. The van der Waals surface area contributed by atoms with E-state index in [1.54, 1.807) is 18.4 Å². The Bertz CT molecular complexity index is 832. The lowest BCUT2D eigenvalue weighted by Crippen LogP contribution is -2.09. The summed E-state index contributed by atoms with van der Waals surface area (Å²) in [6.07, 6.45) is 2.20. The molecule has 0 N–H and O–H groups in total. The molecule has 0 saturated carbocycles. The van der Waals surface area contributed by atoms with E-state index in [1.165, 1.54) is 10.4 Å². The van der Waals surface area contributed by atoms with Crippen LogP contribution in [0.25, 0.3) is 5.76 Å². The van der Waals surface area contributed by atoms with Gasteiger partial charge >= 0.3 is 0 Å². The summed E-state index contributed by atoms with van der Waals surface area (Å²) in [5.74, 6) is 2.90. The highest BCUT2D eigenvalue weighted by Crippen LogP contribution is 2.42. The van der Waals surface area contributed by atoms with Crippen LogP contribution in [-0.4, -0.2) is 7.11 Å². The number of hydrogen-bond donors (Lipinski definition) is 0. The van der Waals surface area contributed by atoms with Crippen LogP contribution < -0.4 is 9.47 Å². The Hall–Kier alpha value is -2.52. The number of rotatable bonds is 3. The standard InChI is InChI=1S/C20H16O2S/c1-21-15-10-8-14(9-11-15)19-13-17(20-7-4-12-23-20)16-5-2-3-6-18(16)22-19/h2-13,17H,1H3. The molecule has 3 aromatic rings. The van der Waals surface area contributed by atoms with E-state index in [9.17, 15) is 0 Å². The van der Waals surface area contributed by atoms with Gasteiger partial charge in [-0.05, 0) is 47.9 Å². The molecule has 1 aromatic heterocycles. The first-order valence-electron chi connectivity index (χ1n) is 7.51. The molecule has 0 bridgehead atoms. The number of fused-ring (bicyclic) bond motifs is 1. The molecule has 23 heavy (non-hydrogen) atoms. The molecule has 1 unspecified atom stereocenters. The van der Waals surface area contributed by atoms with Crippen molar-refractivity contribution in [2.24, 2.45) is 0 Å². The third kappa shape index (κ3) is 2.64. The lowest BCUT2D eigenvalue weighted by molar-refractivity contribution is 0.414. The summed E-state index contributed by atoms with van der Waals surface area (Å²) in [6.45, 7) is 0. The molecule has 1 aliphatic rings. The third-order valence-electron chi connectivity index (χ3n) is 4.02. The van der Waals surface area contributed by atoms with Gasteiger partial charge < -0.3 is 9.47 Å². The molecule has 1 aliphatic heterocycles. The quantitative estimate of drug-likeness (QED) is 0.650. The second kappa shape index (κ2) is 5.94. The Labute approximate surface area is 139 Å².